The SMILES string of the molecule is CC[C@@H](O)[C@H](C)[C@H](O)CO. The van der Waals surface area contributed by atoms with E-state index in [-0.39, 0.29) is 12.5 Å². The molecule has 0 aliphatic heterocycles. The third kappa shape index (κ3) is 2.64. The van der Waals surface area contributed by atoms with E-state index in [2.05, 4.69) is 0 Å². The second-order valence-corrected chi connectivity index (χ2v) is 2.58. The molecule has 3 heteroatoms. The van der Waals surface area contributed by atoms with Gasteiger partial charge in [0.25, 0.3) is 0 Å². The fourth-order valence-electron chi connectivity index (χ4n) is 0.794. The van der Waals surface area contributed by atoms with Crippen molar-refractivity contribution >= 4 is 0 Å². The molecule has 0 aromatic heterocycles. The monoisotopic (exact) mass is 148 g/mol. The molecular weight excluding hydrogens is 132 g/mol. The summed E-state index contributed by atoms with van der Waals surface area (Å²) in [5.41, 5.74) is 0. The van der Waals surface area contributed by atoms with Crippen molar-refractivity contribution in [1.82, 2.24) is 0 Å². The lowest BCUT2D eigenvalue weighted by atomic mass is 9.97. The van der Waals surface area contributed by atoms with Gasteiger partial charge in [-0.3, -0.25) is 0 Å². The lowest BCUT2D eigenvalue weighted by Gasteiger charge is -2.20. The first kappa shape index (κ1) is 9.88. The molecule has 62 valence electrons. The lowest BCUT2D eigenvalue weighted by Crippen LogP contribution is -2.31. The van der Waals surface area contributed by atoms with Crippen LogP contribution in [0, 0.1) is 5.92 Å². The van der Waals surface area contributed by atoms with Crippen LogP contribution in [0.5, 0.6) is 0 Å². The maximum atomic E-state index is 9.16. The molecule has 0 rings (SSSR count). The molecule has 0 aromatic carbocycles. The van der Waals surface area contributed by atoms with E-state index in [1.54, 1.807) is 6.92 Å². The van der Waals surface area contributed by atoms with Gasteiger partial charge in [-0.2, -0.15) is 0 Å². The normalized spacial score (nSPS) is 20.1. The maximum Gasteiger partial charge on any atom is 0.0820 e. The Balaban J connectivity index is 3.69. The number of hydrogen-bond donors (Lipinski definition) is 3. The molecule has 3 N–H and O–H groups in total. The van der Waals surface area contributed by atoms with Gasteiger partial charge in [0.15, 0.2) is 0 Å². The van der Waals surface area contributed by atoms with Crippen molar-refractivity contribution in [3.63, 3.8) is 0 Å². The van der Waals surface area contributed by atoms with E-state index in [9.17, 15) is 0 Å². The van der Waals surface area contributed by atoms with E-state index in [4.69, 9.17) is 15.3 Å². The highest BCUT2D eigenvalue weighted by Crippen LogP contribution is 2.10. The summed E-state index contributed by atoms with van der Waals surface area (Å²) in [5, 5.41) is 26.7. The minimum atomic E-state index is -0.796. The van der Waals surface area contributed by atoms with E-state index in [0.717, 1.165) is 0 Å². The summed E-state index contributed by atoms with van der Waals surface area (Å²) >= 11 is 0. The van der Waals surface area contributed by atoms with Crippen LogP contribution in [0.2, 0.25) is 0 Å². The van der Waals surface area contributed by atoms with E-state index in [1.165, 1.54) is 0 Å². The quantitative estimate of drug-likeness (QED) is 0.515. The zero-order valence-electron chi connectivity index (χ0n) is 6.49. The van der Waals surface area contributed by atoms with Crippen molar-refractivity contribution < 1.29 is 15.3 Å². The lowest BCUT2D eigenvalue weighted by molar-refractivity contribution is -0.00893. The summed E-state index contributed by atoms with van der Waals surface area (Å²) in [7, 11) is 0. The standard InChI is InChI=1S/C7H16O3/c1-3-6(9)5(2)7(10)4-8/h5-10H,3-4H2,1-2H3/t5-,6+,7+/m0/s1. The Bertz CT molecular complexity index is 74.9. The summed E-state index contributed by atoms with van der Waals surface area (Å²) in [4.78, 5) is 0. The largest absolute Gasteiger partial charge is 0.394 e. The topological polar surface area (TPSA) is 60.7 Å². The Morgan fingerprint density at radius 1 is 1.20 bits per heavy atom. The molecule has 10 heavy (non-hydrogen) atoms. The Morgan fingerprint density at radius 2 is 1.70 bits per heavy atom. The minimum absolute atomic E-state index is 0.241. The highest BCUT2D eigenvalue weighted by Gasteiger charge is 2.19. The Hall–Kier alpha value is -0.120. The molecule has 3 atom stereocenters. The van der Waals surface area contributed by atoms with Crippen LogP contribution in [0.25, 0.3) is 0 Å². The predicted molar refractivity (Wildman–Crippen MR) is 38.6 cm³/mol. The van der Waals surface area contributed by atoms with Gasteiger partial charge in [0.1, 0.15) is 0 Å². The average Bonchev–Trinajstić information content (AvgIpc) is 2.00. The van der Waals surface area contributed by atoms with Crippen molar-refractivity contribution in [2.45, 2.75) is 32.5 Å². The molecule has 0 unspecified atom stereocenters. The fraction of sp³-hybridized carbons (Fsp3) is 1.00. The van der Waals surface area contributed by atoms with Gasteiger partial charge in [-0.25, -0.2) is 0 Å². The average molecular weight is 148 g/mol. The molecule has 0 fully saturated rings. The van der Waals surface area contributed by atoms with E-state index < -0.39 is 12.2 Å². The van der Waals surface area contributed by atoms with E-state index >= 15 is 0 Å². The van der Waals surface area contributed by atoms with Gasteiger partial charge in [0.2, 0.25) is 0 Å². The second-order valence-electron chi connectivity index (χ2n) is 2.58. The molecule has 0 aliphatic carbocycles. The predicted octanol–water partition coefficient (Wildman–Crippen LogP) is -0.253. The van der Waals surface area contributed by atoms with Crippen molar-refractivity contribution in [2.75, 3.05) is 6.61 Å². The van der Waals surface area contributed by atoms with E-state index in [0.29, 0.717) is 6.42 Å². The van der Waals surface area contributed by atoms with Crippen LogP contribution in [0.1, 0.15) is 20.3 Å². The van der Waals surface area contributed by atoms with Crippen LogP contribution in [-0.2, 0) is 0 Å². The van der Waals surface area contributed by atoms with Gasteiger partial charge in [0, 0.05) is 5.92 Å². The van der Waals surface area contributed by atoms with Crippen LogP contribution < -0.4 is 0 Å². The number of hydrogen-bond acceptors (Lipinski definition) is 3. The fourth-order valence-corrected chi connectivity index (χ4v) is 0.794. The molecule has 0 saturated carbocycles. The third-order valence-electron chi connectivity index (χ3n) is 1.82. The number of aliphatic hydroxyl groups excluding tert-OH is 3. The zero-order valence-corrected chi connectivity index (χ0v) is 6.49. The molecule has 3 nitrogen and oxygen atoms in total. The van der Waals surface area contributed by atoms with Crippen LogP contribution in [0.15, 0.2) is 0 Å². The first-order valence-electron chi connectivity index (χ1n) is 3.60. The molecule has 0 saturated heterocycles. The van der Waals surface area contributed by atoms with Gasteiger partial charge in [-0.1, -0.05) is 13.8 Å². The van der Waals surface area contributed by atoms with Crippen molar-refractivity contribution in [2.24, 2.45) is 5.92 Å². The van der Waals surface area contributed by atoms with Gasteiger partial charge in [0.05, 0.1) is 18.8 Å². The van der Waals surface area contributed by atoms with Crippen LogP contribution in [-0.4, -0.2) is 34.1 Å². The second kappa shape index (κ2) is 4.66. The third-order valence-corrected chi connectivity index (χ3v) is 1.82. The van der Waals surface area contributed by atoms with Crippen LogP contribution >= 0.6 is 0 Å². The first-order valence-corrected chi connectivity index (χ1v) is 3.60. The molecular formula is C7H16O3. The molecule has 0 spiro atoms. The van der Waals surface area contributed by atoms with Crippen LogP contribution in [0.3, 0.4) is 0 Å². The summed E-state index contributed by atoms with van der Waals surface area (Å²) in [6.45, 7) is 3.28. The molecule has 0 bridgehead atoms. The first-order chi connectivity index (χ1) is 4.63. The summed E-state index contributed by atoms with van der Waals surface area (Å²) in [5.74, 6) is -0.241. The highest BCUT2D eigenvalue weighted by molar-refractivity contribution is 4.69. The van der Waals surface area contributed by atoms with Gasteiger partial charge in [-0.15, -0.1) is 0 Å². The van der Waals surface area contributed by atoms with Crippen molar-refractivity contribution in [1.29, 1.82) is 0 Å². The van der Waals surface area contributed by atoms with Gasteiger partial charge < -0.3 is 15.3 Å². The summed E-state index contributed by atoms with van der Waals surface area (Å²) in [6, 6.07) is 0. The Morgan fingerprint density at radius 3 is 2.00 bits per heavy atom. The van der Waals surface area contributed by atoms with Gasteiger partial charge >= 0.3 is 0 Å². The van der Waals surface area contributed by atoms with E-state index in [1.807, 2.05) is 6.92 Å². The van der Waals surface area contributed by atoms with Gasteiger partial charge in [-0.05, 0) is 6.42 Å². The number of rotatable bonds is 4. The minimum Gasteiger partial charge on any atom is -0.394 e. The molecule has 0 aliphatic rings. The molecule has 0 amide bonds. The van der Waals surface area contributed by atoms with Crippen LogP contribution in [0.4, 0.5) is 0 Å². The molecule has 0 heterocycles. The van der Waals surface area contributed by atoms with Crippen molar-refractivity contribution in [3.05, 3.63) is 0 Å². The highest BCUT2D eigenvalue weighted by atomic mass is 16.3. The number of aliphatic hydroxyl groups is 3. The molecule has 0 radical (unpaired) electrons. The summed E-state index contributed by atoms with van der Waals surface area (Å²) in [6.07, 6.45) is -0.699. The maximum absolute atomic E-state index is 9.16. The van der Waals surface area contributed by atoms with Crippen molar-refractivity contribution in [3.8, 4) is 0 Å². The summed E-state index contributed by atoms with van der Waals surface area (Å²) < 4.78 is 0. The Kier molecular flexibility index (Phi) is 4.60. The Labute approximate surface area is 61.3 Å². The smallest absolute Gasteiger partial charge is 0.0820 e. The zero-order chi connectivity index (χ0) is 8.15. The molecule has 0 aromatic rings.